The molecule has 2 aliphatic rings. The van der Waals surface area contributed by atoms with Crippen molar-refractivity contribution in [3.8, 4) is 0 Å². The summed E-state index contributed by atoms with van der Waals surface area (Å²) in [5.41, 5.74) is 0.517. The molecule has 0 radical (unpaired) electrons. The Hall–Kier alpha value is -0.920. The van der Waals surface area contributed by atoms with E-state index in [0.717, 1.165) is 37.0 Å². The van der Waals surface area contributed by atoms with Crippen LogP contribution in [0, 0.1) is 18.8 Å². The topological polar surface area (TPSA) is 74.7 Å². The molecule has 2 saturated carbocycles. The van der Waals surface area contributed by atoms with Gasteiger partial charge >= 0.3 is 5.97 Å². The van der Waals surface area contributed by atoms with E-state index in [1.54, 1.807) is 11.2 Å². The molecule has 0 unspecified atom stereocenters. The van der Waals surface area contributed by atoms with E-state index in [9.17, 15) is 13.2 Å². The zero-order valence-electron chi connectivity index (χ0n) is 11.9. The Kier molecular flexibility index (Phi) is 3.83. The summed E-state index contributed by atoms with van der Waals surface area (Å²) >= 11 is 0.869. The van der Waals surface area contributed by atoms with Gasteiger partial charge in [0, 0.05) is 13.1 Å². The van der Waals surface area contributed by atoms with Crippen molar-refractivity contribution < 1.29 is 18.3 Å². The van der Waals surface area contributed by atoms with Gasteiger partial charge in [0.2, 0.25) is 0 Å². The van der Waals surface area contributed by atoms with Crippen LogP contribution in [0.3, 0.4) is 0 Å². The number of sulfonamides is 1. The summed E-state index contributed by atoms with van der Waals surface area (Å²) < 4.78 is 27.3. The molecule has 1 aromatic heterocycles. The number of thiophene rings is 1. The second-order valence-corrected chi connectivity index (χ2v) is 9.31. The lowest BCUT2D eigenvalue weighted by atomic mass is 10.3. The Morgan fingerprint density at radius 1 is 1.29 bits per heavy atom. The van der Waals surface area contributed by atoms with E-state index in [-0.39, 0.29) is 9.09 Å². The minimum atomic E-state index is -3.56. The van der Waals surface area contributed by atoms with E-state index in [1.807, 2.05) is 0 Å². The number of carbonyl (C=O) groups is 1. The van der Waals surface area contributed by atoms with Gasteiger partial charge in [-0.15, -0.1) is 11.3 Å². The summed E-state index contributed by atoms with van der Waals surface area (Å²) in [7, 11) is -3.56. The molecule has 21 heavy (non-hydrogen) atoms. The molecule has 116 valence electrons. The zero-order chi connectivity index (χ0) is 15.2. The lowest BCUT2D eigenvalue weighted by Crippen LogP contribution is -2.34. The molecule has 0 aromatic carbocycles. The van der Waals surface area contributed by atoms with Crippen molar-refractivity contribution in [2.75, 3.05) is 13.1 Å². The second kappa shape index (κ2) is 5.37. The van der Waals surface area contributed by atoms with Crippen molar-refractivity contribution in [3.05, 3.63) is 16.5 Å². The highest BCUT2D eigenvalue weighted by atomic mass is 32.2. The molecular formula is C14H19NO4S2. The third-order valence-corrected chi connectivity index (χ3v) is 7.51. The zero-order valence-corrected chi connectivity index (χ0v) is 13.5. The number of nitrogens with zero attached hydrogens (tertiary/aromatic N) is 1. The molecule has 1 aromatic rings. The highest BCUT2D eigenvalue weighted by Crippen LogP contribution is 2.37. The first kappa shape index (κ1) is 15.0. The number of hydrogen-bond acceptors (Lipinski definition) is 4. The van der Waals surface area contributed by atoms with Crippen molar-refractivity contribution in [2.45, 2.75) is 36.8 Å². The summed E-state index contributed by atoms with van der Waals surface area (Å²) in [5, 5.41) is 9.10. The number of rotatable bonds is 7. The summed E-state index contributed by atoms with van der Waals surface area (Å²) in [4.78, 5) is 11.2. The van der Waals surface area contributed by atoms with Gasteiger partial charge in [-0.05, 0) is 56.1 Å². The molecule has 5 nitrogen and oxygen atoms in total. The average molecular weight is 329 g/mol. The molecule has 3 rings (SSSR count). The smallest absolute Gasteiger partial charge is 0.346 e. The van der Waals surface area contributed by atoms with Gasteiger partial charge in [0.15, 0.2) is 0 Å². The maximum absolute atomic E-state index is 12.8. The van der Waals surface area contributed by atoms with Crippen molar-refractivity contribution >= 4 is 27.3 Å². The first-order valence-electron chi connectivity index (χ1n) is 7.22. The minimum Gasteiger partial charge on any atom is -0.477 e. The molecule has 2 aliphatic carbocycles. The highest BCUT2D eigenvalue weighted by molar-refractivity contribution is 7.91. The Balaban J connectivity index is 1.88. The normalized spacial score (nSPS) is 19.1. The Labute approximate surface area is 128 Å². The fourth-order valence-corrected chi connectivity index (χ4v) is 5.49. The van der Waals surface area contributed by atoms with E-state index >= 15 is 0 Å². The summed E-state index contributed by atoms with van der Waals surface area (Å²) in [5.74, 6) is -0.0908. The number of hydrogen-bond donors (Lipinski definition) is 1. The molecule has 0 atom stereocenters. The van der Waals surface area contributed by atoms with Gasteiger partial charge in [-0.25, -0.2) is 13.2 Å². The lowest BCUT2D eigenvalue weighted by Gasteiger charge is -2.21. The molecular weight excluding hydrogens is 310 g/mol. The van der Waals surface area contributed by atoms with E-state index < -0.39 is 16.0 Å². The first-order valence-corrected chi connectivity index (χ1v) is 9.47. The van der Waals surface area contributed by atoms with Crippen molar-refractivity contribution in [1.29, 1.82) is 0 Å². The molecule has 1 heterocycles. The SMILES string of the molecule is Cc1cc(S(=O)(=O)N(CC2CC2)CC2CC2)sc1C(=O)O. The van der Waals surface area contributed by atoms with Gasteiger partial charge in [0.05, 0.1) is 0 Å². The Morgan fingerprint density at radius 3 is 2.19 bits per heavy atom. The van der Waals surface area contributed by atoms with Crippen LogP contribution in [-0.2, 0) is 10.0 Å². The van der Waals surface area contributed by atoms with Crippen LogP contribution in [0.25, 0.3) is 0 Å². The lowest BCUT2D eigenvalue weighted by molar-refractivity contribution is 0.0701. The van der Waals surface area contributed by atoms with Crippen LogP contribution in [0.2, 0.25) is 0 Å². The molecule has 0 amide bonds. The second-order valence-electron chi connectivity index (χ2n) is 6.09. The van der Waals surface area contributed by atoms with Crippen LogP contribution in [0.4, 0.5) is 0 Å². The van der Waals surface area contributed by atoms with E-state index in [2.05, 4.69) is 0 Å². The van der Waals surface area contributed by atoms with Gasteiger partial charge in [-0.2, -0.15) is 4.31 Å². The van der Waals surface area contributed by atoms with Crippen LogP contribution in [-0.4, -0.2) is 36.9 Å². The predicted octanol–water partition coefficient (Wildman–Crippen LogP) is 2.57. The summed E-state index contributed by atoms with van der Waals surface area (Å²) in [6.07, 6.45) is 4.39. The number of aryl methyl sites for hydroxylation is 1. The number of carboxylic acids is 1. The molecule has 7 heteroatoms. The van der Waals surface area contributed by atoms with Crippen LogP contribution < -0.4 is 0 Å². The van der Waals surface area contributed by atoms with Crippen molar-refractivity contribution in [3.63, 3.8) is 0 Å². The quantitative estimate of drug-likeness (QED) is 0.834. The third-order valence-electron chi connectivity index (χ3n) is 4.00. The van der Waals surface area contributed by atoms with E-state index in [1.165, 1.54) is 6.07 Å². The van der Waals surface area contributed by atoms with Crippen LogP contribution in [0.5, 0.6) is 0 Å². The molecule has 0 spiro atoms. The molecule has 0 saturated heterocycles. The third kappa shape index (κ3) is 3.30. The summed E-state index contributed by atoms with van der Waals surface area (Å²) in [6.45, 7) is 2.81. The van der Waals surface area contributed by atoms with Crippen molar-refractivity contribution in [1.82, 2.24) is 4.31 Å². The van der Waals surface area contributed by atoms with Gasteiger partial charge in [0.25, 0.3) is 10.0 Å². The van der Waals surface area contributed by atoms with Crippen molar-refractivity contribution in [2.24, 2.45) is 11.8 Å². The van der Waals surface area contributed by atoms with Gasteiger partial charge < -0.3 is 5.11 Å². The minimum absolute atomic E-state index is 0.117. The van der Waals surface area contributed by atoms with Gasteiger partial charge in [-0.3, -0.25) is 0 Å². The fourth-order valence-electron chi connectivity index (χ4n) is 2.37. The fraction of sp³-hybridized carbons (Fsp3) is 0.643. The Bertz CT molecular complexity index is 643. The average Bonchev–Trinajstić information content (AvgIpc) is 3.30. The van der Waals surface area contributed by atoms with Gasteiger partial charge in [0.1, 0.15) is 9.09 Å². The largest absolute Gasteiger partial charge is 0.477 e. The molecule has 0 bridgehead atoms. The highest BCUT2D eigenvalue weighted by Gasteiger charge is 2.36. The van der Waals surface area contributed by atoms with Gasteiger partial charge in [-0.1, -0.05) is 0 Å². The number of carboxylic acid groups (broad SMARTS) is 1. The summed E-state index contributed by atoms with van der Waals surface area (Å²) in [6, 6.07) is 1.50. The predicted molar refractivity (Wildman–Crippen MR) is 80.2 cm³/mol. The number of aromatic carboxylic acids is 1. The van der Waals surface area contributed by atoms with E-state index in [4.69, 9.17) is 5.11 Å². The molecule has 0 aliphatic heterocycles. The monoisotopic (exact) mass is 329 g/mol. The van der Waals surface area contributed by atoms with E-state index in [0.29, 0.717) is 30.5 Å². The first-order chi connectivity index (χ1) is 9.88. The Morgan fingerprint density at radius 2 is 1.81 bits per heavy atom. The van der Waals surface area contributed by atoms with Crippen LogP contribution >= 0.6 is 11.3 Å². The molecule has 1 N–H and O–H groups in total. The van der Waals surface area contributed by atoms with Crippen LogP contribution in [0.15, 0.2) is 10.3 Å². The maximum Gasteiger partial charge on any atom is 0.346 e. The van der Waals surface area contributed by atoms with Crippen LogP contribution in [0.1, 0.15) is 40.9 Å². The standard InChI is InChI=1S/C14H19NO4S2/c1-9-6-12(20-13(9)14(16)17)21(18,19)15(7-10-2-3-10)8-11-4-5-11/h6,10-11H,2-5,7-8H2,1H3,(H,16,17). The molecule has 2 fully saturated rings. The maximum atomic E-state index is 12.8.